The molecule has 0 fully saturated rings. The Balaban J connectivity index is 1.66. The summed E-state index contributed by atoms with van der Waals surface area (Å²) in [6.07, 6.45) is 7.01. The maximum absolute atomic E-state index is 12.5. The van der Waals surface area contributed by atoms with E-state index in [4.69, 9.17) is 0 Å². The second kappa shape index (κ2) is 6.02. The Bertz CT molecular complexity index is 618. The number of rotatable bonds is 4. The van der Waals surface area contributed by atoms with Crippen LogP contribution in [0.15, 0.2) is 23.8 Å². The van der Waals surface area contributed by atoms with E-state index in [9.17, 15) is 4.79 Å². The molecule has 0 saturated heterocycles. The molecule has 3 rings (SSSR count). The minimum Gasteiger partial charge on any atom is -0.348 e. The number of nitrogens with one attached hydrogen (secondary N) is 1. The first kappa shape index (κ1) is 14.3. The standard InChI is InChI=1S/C16H21N3OS/c1-11-4-5-13-14(10-21-15(13)8-11)16(20)18-12(2)9-19-7-3-6-17-19/h3,6-7,10-12H,4-5,8-9H2,1-2H3,(H,18,20)/t11-,12-/m0/s1. The molecule has 0 radical (unpaired) electrons. The third kappa shape index (κ3) is 3.18. The minimum absolute atomic E-state index is 0.0571. The zero-order valence-corrected chi connectivity index (χ0v) is 13.3. The fourth-order valence-corrected chi connectivity index (χ4v) is 4.15. The molecule has 0 bridgehead atoms. The zero-order chi connectivity index (χ0) is 14.8. The first-order valence-electron chi connectivity index (χ1n) is 7.51. The molecule has 0 aliphatic heterocycles. The van der Waals surface area contributed by atoms with Gasteiger partial charge < -0.3 is 5.32 Å². The van der Waals surface area contributed by atoms with E-state index in [1.807, 2.05) is 29.2 Å². The van der Waals surface area contributed by atoms with Crippen LogP contribution >= 0.6 is 11.3 Å². The molecule has 2 aromatic heterocycles. The number of carbonyl (C=O) groups excluding carboxylic acids is 1. The van der Waals surface area contributed by atoms with Crippen LogP contribution in [0.25, 0.3) is 0 Å². The predicted molar refractivity (Wildman–Crippen MR) is 84.7 cm³/mol. The van der Waals surface area contributed by atoms with Crippen molar-refractivity contribution in [3.63, 3.8) is 0 Å². The lowest BCUT2D eigenvalue weighted by Crippen LogP contribution is -2.36. The Morgan fingerprint density at radius 1 is 1.62 bits per heavy atom. The molecule has 0 saturated carbocycles. The van der Waals surface area contributed by atoms with Gasteiger partial charge in [-0.05, 0) is 43.7 Å². The third-order valence-electron chi connectivity index (χ3n) is 4.04. The molecular formula is C16H21N3OS. The quantitative estimate of drug-likeness (QED) is 0.944. The summed E-state index contributed by atoms with van der Waals surface area (Å²) >= 11 is 1.74. The summed E-state index contributed by atoms with van der Waals surface area (Å²) in [5, 5.41) is 9.29. The first-order valence-corrected chi connectivity index (χ1v) is 8.39. The molecule has 2 atom stereocenters. The maximum Gasteiger partial charge on any atom is 0.252 e. The van der Waals surface area contributed by atoms with Gasteiger partial charge in [0.15, 0.2) is 0 Å². The van der Waals surface area contributed by atoms with Crippen molar-refractivity contribution >= 4 is 17.2 Å². The van der Waals surface area contributed by atoms with E-state index in [2.05, 4.69) is 17.3 Å². The zero-order valence-electron chi connectivity index (χ0n) is 12.5. The van der Waals surface area contributed by atoms with Gasteiger partial charge in [-0.1, -0.05) is 6.92 Å². The lowest BCUT2D eigenvalue weighted by atomic mass is 9.88. The summed E-state index contributed by atoms with van der Waals surface area (Å²) in [6, 6.07) is 1.96. The van der Waals surface area contributed by atoms with Gasteiger partial charge in [-0.2, -0.15) is 5.10 Å². The molecule has 1 N–H and O–H groups in total. The van der Waals surface area contributed by atoms with Crippen molar-refractivity contribution in [2.75, 3.05) is 0 Å². The highest BCUT2D eigenvalue weighted by Crippen LogP contribution is 2.32. The summed E-state index contributed by atoms with van der Waals surface area (Å²) in [7, 11) is 0. The van der Waals surface area contributed by atoms with Gasteiger partial charge in [0.05, 0.1) is 12.1 Å². The van der Waals surface area contributed by atoms with Gasteiger partial charge in [-0.15, -0.1) is 11.3 Å². The van der Waals surface area contributed by atoms with E-state index in [-0.39, 0.29) is 11.9 Å². The van der Waals surface area contributed by atoms with E-state index in [0.717, 1.165) is 24.3 Å². The van der Waals surface area contributed by atoms with Crippen molar-refractivity contribution in [1.82, 2.24) is 15.1 Å². The molecule has 0 spiro atoms. The molecule has 0 aromatic carbocycles. The van der Waals surface area contributed by atoms with Gasteiger partial charge in [-0.25, -0.2) is 0 Å². The number of thiophene rings is 1. The highest BCUT2D eigenvalue weighted by atomic mass is 32.1. The highest BCUT2D eigenvalue weighted by Gasteiger charge is 2.23. The molecule has 1 aliphatic rings. The highest BCUT2D eigenvalue weighted by molar-refractivity contribution is 7.10. The average Bonchev–Trinajstić information content (AvgIpc) is 3.06. The van der Waals surface area contributed by atoms with Crippen molar-refractivity contribution < 1.29 is 4.79 Å². The normalized spacial score (nSPS) is 19.0. The Hall–Kier alpha value is -1.62. The molecule has 1 amide bonds. The van der Waals surface area contributed by atoms with Gasteiger partial charge in [0.1, 0.15) is 0 Å². The van der Waals surface area contributed by atoms with Crippen LogP contribution < -0.4 is 5.32 Å². The number of carbonyl (C=O) groups is 1. The van der Waals surface area contributed by atoms with Gasteiger partial charge in [0.25, 0.3) is 5.91 Å². The Morgan fingerprint density at radius 2 is 2.48 bits per heavy atom. The number of hydrogen-bond donors (Lipinski definition) is 1. The second-order valence-corrected chi connectivity index (χ2v) is 6.97. The summed E-state index contributed by atoms with van der Waals surface area (Å²) in [6.45, 7) is 5.00. The molecule has 0 unspecified atom stereocenters. The number of aromatic nitrogens is 2. The topological polar surface area (TPSA) is 46.9 Å². The molecule has 21 heavy (non-hydrogen) atoms. The summed E-state index contributed by atoms with van der Waals surface area (Å²) in [4.78, 5) is 13.9. The fraction of sp³-hybridized carbons (Fsp3) is 0.500. The lowest BCUT2D eigenvalue weighted by molar-refractivity contribution is 0.0935. The Morgan fingerprint density at radius 3 is 3.24 bits per heavy atom. The van der Waals surface area contributed by atoms with E-state index in [0.29, 0.717) is 6.54 Å². The molecule has 2 aromatic rings. The van der Waals surface area contributed by atoms with Crippen LogP contribution in [0.1, 0.15) is 41.1 Å². The van der Waals surface area contributed by atoms with E-state index >= 15 is 0 Å². The van der Waals surface area contributed by atoms with Crippen LogP contribution in [-0.2, 0) is 19.4 Å². The van der Waals surface area contributed by atoms with Crippen molar-refractivity contribution in [2.24, 2.45) is 5.92 Å². The van der Waals surface area contributed by atoms with Crippen LogP contribution in [-0.4, -0.2) is 21.7 Å². The molecule has 4 nitrogen and oxygen atoms in total. The van der Waals surface area contributed by atoms with E-state index in [1.54, 1.807) is 17.5 Å². The molecular weight excluding hydrogens is 282 g/mol. The van der Waals surface area contributed by atoms with Crippen LogP contribution in [0.2, 0.25) is 0 Å². The summed E-state index contributed by atoms with van der Waals surface area (Å²) in [5.74, 6) is 0.799. The van der Waals surface area contributed by atoms with Gasteiger partial charge in [0.2, 0.25) is 0 Å². The van der Waals surface area contributed by atoms with Gasteiger partial charge in [0, 0.05) is 28.7 Å². The van der Waals surface area contributed by atoms with E-state index < -0.39 is 0 Å². The maximum atomic E-state index is 12.5. The van der Waals surface area contributed by atoms with Crippen molar-refractivity contribution in [1.29, 1.82) is 0 Å². The number of nitrogens with zero attached hydrogens (tertiary/aromatic N) is 2. The number of amides is 1. The van der Waals surface area contributed by atoms with Crippen molar-refractivity contribution in [3.05, 3.63) is 39.8 Å². The molecule has 112 valence electrons. The SMILES string of the molecule is C[C@H]1CCc2c(C(=O)N[C@@H](C)Cn3cccn3)csc2C1. The molecule has 1 aliphatic carbocycles. The Labute approximate surface area is 129 Å². The molecule has 2 heterocycles. The largest absolute Gasteiger partial charge is 0.348 e. The van der Waals surface area contributed by atoms with Crippen molar-refractivity contribution in [3.8, 4) is 0 Å². The van der Waals surface area contributed by atoms with E-state index in [1.165, 1.54) is 16.9 Å². The average molecular weight is 303 g/mol. The molecule has 5 heteroatoms. The van der Waals surface area contributed by atoms with Crippen molar-refractivity contribution in [2.45, 2.75) is 45.7 Å². The van der Waals surface area contributed by atoms with Crippen LogP contribution in [0.5, 0.6) is 0 Å². The monoisotopic (exact) mass is 303 g/mol. The van der Waals surface area contributed by atoms with Crippen LogP contribution in [0, 0.1) is 5.92 Å². The van der Waals surface area contributed by atoms with Crippen LogP contribution in [0.4, 0.5) is 0 Å². The smallest absolute Gasteiger partial charge is 0.252 e. The summed E-state index contributed by atoms with van der Waals surface area (Å²) in [5.41, 5.74) is 2.16. The second-order valence-electron chi connectivity index (χ2n) is 6.00. The Kier molecular flexibility index (Phi) is 4.10. The number of hydrogen-bond acceptors (Lipinski definition) is 3. The van der Waals surface area contributed by atoms with Gasteiger partial charge >= 0.3 is 0 Å². The van der Waals surface area contributed by atoms with Gasteiger partial charge in [-0.3, -0.25) is 9.48 Å². The number of fused-ring (bicyclic) bond motifs is 1. The minimum atomic E-state index is 0.0571. The third-order valence-corrected chi connectivity index (χ3v) is 5.10. The summed E-state index contributed by atoms with van der Waals surface area (Å²) < 4.78 is 1.84. The lowest BCUT2D eigenvalue weighted by Gasteiger charge is -2.19. The van der Waals surface area contributed by atoms with Crippen LogP contribution in [0.3, 0.4) is 0 Å². The predicted octanol–water partition coefficient (Wildman–Crippen LogP) is 2.89. The fourth-order valence-electron chi connectivity index (χ4n) is 2.90. The first-order chi connectivity index (χ1) is 10.1.